The molecular formula is C15H22N2O. The summed E-state index contributed by atoms with van der Waals surface area (Å²) in [4.78, 5) is 12.2. The van der Waals surface area contributed by atoms with Gasteiger partial charge in [0.05, 0.1) is 6.04 Å². The number of hydrogen-bond donors (Lipinski definition) is 2. The Morgan fingerprint density at radius 1 is 1.33 bits per heavy atom. The van der Waals surface area contributed by atoms with E-state index in [1.54, 1.807) is 0 Å². The largest absolute Gasteiger partial charge is 0.349 e. The van der Waals surface area contributed by atoms with Gasteiger partial charge in [-0.25, -0.2) is 0 Å². The Morgan fingerprint density at radius 2 is 2.00 bits per heavy atom. The van der Waals surface area contributed by atoms with Crippen molar-refractivity contribution in [2.24, 2.45) is 5.92 Å². The van der Waals surface area contributed by atoms with Crippen LogP contribution in [0.3, 0.4) is 0 Å². The van der Waals surface area contributed by atoms with E-state index >= 15 is 0 Å². The highest BCUT2D eigenvalue weighted by molar-refractivity contribution is 5.79. The Balaban J connectivity index is 1.95. The lowest BCUT2D eigenvalue weighted by molar-refractivity contribution is -0.126. The molecule has 0 radical (unpaired) electrons. The van der Waals surface area contributed by atoms with Crippen LogP contribution in [0.5, 0.6) is 0 Å². The van der Waals surface area contributed by atoms with Crippen LogP contribution in [0.25, 0.3) is 0 Å². The number of benzene rings is 1. The minimum absolute atomic E-state index is 0.147. The van der Waals surface area contributed by atoms with Crippen LogP contribution in [-0.2, 0) is 4.79 Å². The Hall–Kier alpha value is -1.35. The molecule has 1 atom stereocenters. The Labute approximate surface area is 109 Å². The molecule has 1 aromatic carbocycles. The fourth-order valence-electron chi connectivity index (χ4n) is 2.48. The molecule has 1 heterocycles. The maximum Gasteiger partial charge on any atom is 0.223 e. The van der Waals surface area contributed by atoms with Crippen LogP contribution in [0.2, 0.25) is 0 Å². The second kappa shape index (κ2) is 6.55. The van der Waals surface area contributed by atoms with Crippen molar-refractivity contribution >= 4 is 5.91 Å². The maximum atomic E-state index is 12.2. The fourth-order valence-corrected chi connectivity index (χ4v) is 2.48. The molecule has 18 heavy (non-hydrogen) atoms. The van der Waals surface area contributed by atoms with E-state index in [1.165, 1.54) is 5.56 Å². The zero-order chi connectivity index (χ0) is 12.8. The lowest BCUT2D eigenvalue weighted by Crippen LogP contribution is -2.39. The van der Waals surface area contributed by atoms with Crippen LogP contribution in [-0.4, -0.2) is 19.0 Å². The highest BCUT2D eigenvalue weighted by Crippen LogP contribution is 2.19. The molecule has 1 aromatic rings. The quantitative estimate of drug-likeness (QED) is 0.855. The van der Waals surface area contributed by atoms with Crippen molar-refractivity contribution in [3.63, 3.8) is 0 Å². The highest BCUT2D eigenvalue weighted by Gasteiger charge is 2.23. The van der Waals surface area contributed by atoms with Crippen molar-refractivity contribution in [1.82, 2.24) is 10.6 Å². The summed E-state index contributed by atoms with van der Waals surface area (Å²) in [5.74, 6) is 0.399. The standard InChI is InChI=1S/C15H22N2O/c1-2-14(12-6-4-3-5-7-12)17-15(18)13-8-10-16-11-9-13/h3-7,13-14,16H,2,8-11H2,1H3,(H,17,18)/t14-/m0/s1. The first-order valence-electron chi connectivity index (χ1n) is 6.87. The third-order valence-corrected chi connectivity index (χ3v) is 3.64. The molecule has 0 spiro atoms. The summed E-state index contributed by atoms with van der Waals surface area (Å²) in [5.41, 5.74) is 1.20. The number of hydrogen-bond acceptors (Lipinski definition) is 2. The van der Waals surface area contributed by atoms with Crippen LogP contribution in [0.1, 0.15) is 37.8 Å². The van der Waals surface area contributed by atoms with E-state index in [0.717, 1.165) is 32.4 Å². The minimum atomic E-state index is 0.147. The predicted octanol–water partition coefficient (Wildman–Crippen LogP) is 2.25. The van der Waals surface area contributed by atoms with Crippen molar-refractivity contribution in [2.75, 3.05) is 13.1 Å². The monoisotopic (exact) mass is 246 g/mol. The maximum absolute atomic E-state index is 12.2. The van der Waals surface area contributed by atoms with Crippen molar-refractivity contribution < 1.29 is 4.79 Å². The van der Waals surface area contributed by atoms with Gasteiger partial charge in [0.2, 0.25) is 5.91 Å². The minimum Gasteiger partial charge on any atom is -0.349 e. The highest BCUT2D eigenvalue weighted by atomic mass is 16.1. The fraction of sp³-hybridized carbons (Fsp3) is 0.533. The van der Waals surface area contributed by atoms with Crippen LogP contribution in [0, 0.1) is 5.92 Å². The van der Waals surface area contributed by atoms with Crippen molar-refractivity contribution in [2.45, 2.75) is 32.2 Å². The number of carbonyl (C=O) groups is 1. The molecular weight excluding hydrogens is 224 g/mol. The van der Waals surface area contributed by atoms with Gasteiger partial charge in [-0.3, -0.25) is 4.79 Å². The Kier molecular flexibility index (Phi) is 4.76. The van der Waals surface area contributed by atoms with Gasteiger partial charge >= 0.3 is 0 Å². The molecule has 0 unspecified atom stereocenters. The molecule has 3 nitrogen and oxygen atoms in total. The number of nitrogens with one attached hydrogen (secondary N) is 2. The molecule has 1 amide bonds. The Morgan fingerprint density at radius 3 is 2.61 bits per heavy atom. The summed E-state index contributed by atoms with van der Waals surface area (Å²) in [6, 6.07) is 10.4. The summed E-state index contributed by atoms with van der Waals surface area (Å²) in [6.45, 7) is 4.03. The topological polar surface area (TPSA) is 41.1 Å². The van der Waals surface area contributed by atoms with Gasteiger partial charge in [-0.2, -0.15) is 0 Å². The van der Waals surface area contributed by atoms with E-state index in [2.05, 4.69) is 29.7 Å². The third kappa shape index (κ3) is 3.33. The number of amides is 1. The van der Waals surface area contributed by atoms with Gasteiger partial charge in [-0.1, -0.05) is 37.3 Å². The smallest absolute Gasteiger partial charge is 0.223 e. The molecule has 1 fully saturated rings. The van der Waals surface area contributed by atoms with E-state index in [-0.39, 0.29) is 17.9 Å². The third-order valence-electron chi connectivity index (χ3n) is 3.64. The predicted molar refractivity (Wildman–Crippen MR) is 73.2 cm³/mol. The molecule has 0 bridgehead atoms. The second-order valence-corrected chi connectivity index (χ2v) is 4.90. The number of rotatable bonds is 4. The molecule has 0 aromatic heterocycles. The first-order valence-corrected chi connectivity index (χ1v) is 6.87. The van der Waals surface area contributed by atoms with E-state index in [9.17, 15) is 4.79 Å². The molecule has 2 rings (SSSR count). The summed E-state index contributed by atoms with van der Waals surface area (Å²) in [7, 11) is 0. The normalized spacial score (nSPS) is 18.3. The molecule has 1 aliphatic heterocycles. The van der Waals surface area contributed by atoms with Crippen molar-refractivity contribution in [3.8, 4) is 0 Å². The van der Waals surface area contributed by atoms with Gasteiger partial charge in [-0.05, 0) is 37.9 Å². The van der Waals surface area contributed by atoms with Crippen molar-refractivity contribution in [1.29, 1.82) is 0 Å². The molecule has 1 aliphatic rings. The molecule has 98 valence electrons. The summed E-state index contributed by atoms with van der Waals surface area (Å²) in [6.07, 6.45) is 2.84. The number of piperidine rings is 1. The van der Waals surface area contributed by atoms with Gasteiger partial charge in [0.1, 0.15) is 0 Å². The molecule has 1 saturated heterocycles. The van der Waals surface area contributed by atoms with E-state index in [4.69, 9.17) is 0 Å². The van der Waals surface area contributed by atoms with Gasteiger partial charge in [0.15, 0.2) is 0 Å². The molecule has 2 N–H and O–H groups in total. The lowest BCUT2D eigenvalue weighted by atomic mass is 9.96. The van der Waals surface area contributed by atoms with Gasteiger partial charge in [0.25, 0.3) is 0 Å². The zero-order valence-electron chi connectivity index (χ0n) is 11.0. The summed E-state index contributed by atoms with van der Waals surface area (Å²) >= 11 is 0. The summed E-state index contributed by atoms with van der Waals surface area (Å²) < 4.78 is 0. The van der Waals surface area contributed by atoms with E-state index < -0.39 is 0 Å². The average molecular weight is 246 g/mol. The molecule has 0 saturated carbocycles. The van der Waals surface area contributed by atoms with Crippen LogP contribution in [0.15, 0.2) is 30.3 Å². The first kappa shape index (κ1) is 13.1. The summed E-state index contributed by atoms with van der Waals surface area (Å²) in [5, 5.41) is 6.47. The first-order chi connectivity index (χ1) is 8.81. The van der Waals surface area contributed by atoms with Gasteiger partial charge < -0.3 is 10.6 Å². The average Bonchev–Trinajstić information content (AvgIpc) is 2.46. The molecule has 3 heteroatoms. The van der Waals surface area contributed by atoms with Crippen LogP contribution >= 0.6 is 0 Å². The lowest BCUT2D eigenvalue weighted by Gasteiger charge is -2.25. The second-order valence-electron chi connectivity index (χ2n) is 4.90. The SMILES string of the molecule is CC[C@H](NC(=O)C1CCNCC1)c1ccccc1. The molecule has 0 aliphatic carbocycles. The zero-order valence-corrected chi connectivity index (χ0v) is 11.0. The number of carbonyl (C=O) groups excluding carboxylic acids is 1. The van der Waals surface area contributed by atoms with Crippen molar-refractivity contribution in [3.05, 3.63) is 35.9 Å². The van der Waals surface area contributed by atoms with Gasteiger partial charge in [-0.15, -0.1) is 0 Å². The van der Waals surface area contributed by atoms with E-state index in [1.807, 2.05) is 18.2 Å². The van der Waals surface area contributed by atoms with Crippen LogP contribution in [0.4, 0.5) is 0 Å². The Bertz CT molecular complexity index is 371. The van der Waals surface area contributed by atoms with Gasteiger partial charge in [0, 0.05) is 5.92 Å². The van der Waals surface area contributed by atoms with Crippen LogP contribution < -0.4 is 10.6 Å². The van der Waals surface area contributed by atoms with E-state index in [0.29, 0.717) is 0 Å².